The van der Waals surface area contributed by atoms with Crippen molar-refractivity contribution in [3.8, 4) is 11.9 Å². The molecule has 0 saturated heterocycles. The number of rotatable bonds is 4. The molecule has 0 aliphatic rings. The van der Waals surface area contributed by atoms with Gasteiger partial charge in [-0.3, -0.25) is 0 Å². The molecule has 1 rings (SSSR count). The molecule has 0 saturated carbocycles. The maximum absolute atomic E-state index is 8.73. The Kier molecular flexibility index (Phi) is 4.35. The fourth-order valence-electron chi connectivity index (χ4n) is 0.936. The van der Waals surface area contributed by atoms with Crippen LogP contribution in [0.1, 0.15) is 5.56 Å². The zero-order valence-electron chi connectivity index (χ0n) is 8.70. The minimum atomic E-state index is 0.277. The van der Waals surface area contributed by atoms with Crippen molar-refractivity contribution in [2.75, 3.05) is 27.2 Å². The van der Waals surface area contributed by atoms with Crippen LogP contribution in [0.3, 0.4) is 0 Å². The fraction of sp³-hybridized carbons (Fsp3) is 0.400. The summed E-state index contributed by atoms with van der Waals surface area (Å²) in [6.45, 7) is 1.27. The molecule has 0 aromatic carbocycles. The van der Waals surface area contributed by atoms with Crippen molar-refractivity contribution in [1.29, 1.82) is 5.26 Å². The van der Waals surface area contributed by atoms with E-state index in [0.29, 0.717) is 18.1 Å². The third kappa shape index (κ3) is 3.39. The summed E-state index contributed by atoms with van der Waals surface area (Å²) >= 11 is 5.90. The second kappa shape index (κ2) is 5.54. The summed E-state index contributed by atoms with van der Waals surface area (Å²) in [4.78, 5) is 5.95. The van der Waals surface area contributed by atoms with Gasteiger partial charge in [-0.1, -0.05) is 11.6 Å². The van der Waals surface area contributed by atoms with Gasteiger partial charge in [0, 0.05) is 12.7 Å². The molecule has 0 spiro atoms. The lowest BCUT2D eigenvalue weighted by Gasteiger charge is -2.11. The Balaban J connectivity index is 2.66. The second-order valence-corrected chi connectivity index (χ2v) is 3.62. The summed E-state index contributed by atoms with van der Waals surface area (Å²) < 4.78 is 5.35. The molecule has 0 fully saturated rings. The quantitative estimate of drug-likeness (QED) is 0.780. The van der Waals surface area contributed by atoms with E-state index in [2.05, 4.69) is 4.98 Å². The van der Waals surface area contributed by atoms with E-state index in [1.165, 1.54) is 6.20 Å². The minimum absolute atomic E-state index is 0.277. The molecule has 0 unspecified atom stereocenters. The van der Waals surface area contributed by atoms with Crippen molar-refractivity contribution in [3.63, 3.8) is 0 Å². The number of nitriles is 1. The van der Waals surface area contributed by atoms with Crippen LogP contribution in [0.25, 0.3) is 0 Å². The van der Waals surface area contributed by atoms with Gasteiger partial charge in [-0.2, -0.15) is 5.26 Å². The van der Waals surface area contributed by atoms with Gasteiger partial charge >= 0.3 is 0 Å². The molecule has 1 aromatic rings. The SMILES string of the molecule is CN(C)CCOc1nccc(C#N)c1Cl. The molecule has 15 heavy (non-hydrogen) atoms. The molecular formula is C10H12ClN3O. The first-order valence-electron chi connectivity index (χ1n) is 4.47. The Labute approximate surface area is 94.0 Å². The van der Waals surface area contributed by atoms with Crippen molar-refractivity contribution in [2.24, 2.45) is 0 Å². The molecule has 4 nitrogen and oxygen atoms in total. The predicted octanol–water partition coefficient (Wildman–Crippen LogP) is 1.55. The van der Waals surface area contributed by atoms with E-state index >= 15 is 0 Å². The topological polar surface area (TPSA) is 49.1 Å². The number of hydrogen-bond acceptors (Lipinski definition) is 4. The number of pyridine rings is 1. The standard InChI is InChI=1S/C10H12ClN3O/c1-14(2)5-6-15-10-9(11)8(7-12)3-4-13-10/h3-4H,5-6H2,1-2H3. The lowest BCUT2D eigenvalue weighted by atomic mass is 10.3. The molecule has 5 heteroatoms. The highest BCUT2D eigenvalue weighted by molar-refractivity contribution is 6.32. The molecule has 0 aliphatic carbocycles. The molecule has 80 valence electrons. The third-order valence-electron chi connectivity index (χ3n) is 1.75. The van der Waals surface area contributed by atoms with Crippen LogP contribution < -0.4 is 4.74 Å². The molecule has 1 heterocycles. The van der Waals surface area contributed by atoms with Gasteiger partial charge in [-0.15, -0.1) is 0 Å². The minimum Gasteiger partial charge on any atom is -0.475 e. The van der Waals surface area contributed by atoms with Crippen LogP contribution in [-0.4, -0.2) is 37.1 Å². The van der Waals surface area contributed by atoms with Gasteiger partial charge in [-0.25, -0.2) is 4.98 Å². The smallest absolute Gasteiger partial charge is 0.233 e. The highest BCUT2D eigenvalue weighted by atomic mass is 35.5. The Morgan fingerprint density at radius 2 is 2.33 bits per heavy atom. The van der Waals surface area contributed by atoms with Crippen LogP contribution in [0.4, 0.5) is 0 Å². The van der Waals surface area contributed by atoms with E-state index in [4.69, 9.17) is 21.6 Å². The second-order valence-electron chi connectivity index (χ2n) is 3.24. The number of aromatic nitrogens is 1. The van der Waals surface area contributed by atoms with Gasteiger partial charge in [-0.05, 0) is 20.2 Å². The van der Waals surface area contributed by atoms with E-state index in [1.54, 1.807) is 6.07 Å². The van der Waals surface area contributed by atoms with Crippen LogP contribution in [0.2, 0.25) is 5.02 Å². The summed E-state index contributed by atoms with van der Waals surface area (Å²) in [6.07, 6.45) is 1.51. The van der Waals surface area contributed by atoms with E-state index in [0.717, 1.165) is 6.54 Å². The lowest BCUT2D eigenvalue weighted by molar-refractivity contribution is 0.254. The van der Waals surface area contributed by atoms with Gasteiger partial charge in [0.05, 0.1) is 5.56 Å². The zero-order valence-corrected chi connectivity index (χ0v) is 9.45. The zero-order chi connectivity index (χ0) is 11.3. The predicted molar refractivity (Wildman–Crippen MR) is 58.0 cm³/mol. The van der Waals surface area contributed by atoms with Crippen molar-refractivity contribution in [1.82, 2.24) is 9.88 Å². The van der Waals surface area contributed by atoms with Gasteiger partial charge in [0.15, 0.2) is 0 Å². The van der Waals surface area contributed by atoms with E-state index in [-0.39, 0.29) is 5.02 Å². The summed E-state index contributed by atoms with van der Waals surface area (Å²) in [6, 6.07) is 3.53. The highest BCUT2D eigenvalue weighted by Crippen LogP contribution is 2.24. The maximum Gasteiger partial charge on any atom is 0.233 e. The van der Waals surface area contributed by atoms with Crippen molar-refractivity contribution in [3.05, 3.63) is 22.8 Å². The first kappa shape index (κ1) is 11.8. The van der Waals surface area contributed by atoms with Gasteiger partial charge in [0.25, 0.3) is 0 Å². The van der Waals surface area contributed by atoms with E-state index in [9.17, 15) is 0 Å². The molecule has 0 bridgehead atoms. The number of ether oxygens (including phenoxy) is 1. The molecular weight excluding hydrogens is 214 g/mol. The highest BCUT2D eigenvalue weighted by Gasteiger charge is 2.07. The van der Waals surface area contributed by atoms with E-state index < -0.39 is 0 Å². The van der Waals surface area contributed by atoms with Crippen molar-refractivity contribution >= 4 is 11.6 Å². The van der Waals surface area contributed by atoms with Crippen molar-refractivity contribution in [2.45, 2.75) is 0 Å². The van der Waals surface area contributed by atoms with Gasteiger partial charge in [0.1, 0.15) is 17.7 Å². The van der Waals surface area contributed by atoms with Crippen LogP contribution in [0.15, 0.2) is 12.3 Å². The molecule has 1 aromatic heterocycles. The molecule has 0 radical (unpaired) electrons. The summed E-state index contributed by atoms with van der Waals surface area (Å²) in [7, 11) is 3.90. The Bertz CT molecular complexity index is 373. The molecule has 0 aliphatic heterocycles. The van der Waals surface area contributed by atoms with Crippen LogP contribution >= 0.6 is 11.6 Å². The monoisotopic (exact) mass is 225 g/mol. The fourth-order valence-corrected chi connectivity index (χ4v) is 1.15. The lowest BCUT2D eigenvalue weighted by Crippen LogP contribution is -2.19. The average Bonchev–Trinajstić information content (AvgIpc) is 2.20. The number of likely N-dealkylation sites (N-methyl/N-ethyl adjacent to an activating group) is 1. The number of halogens is 1. The maximum atomic E-state index is 8.73. The van der Waals surface area contributed by atoms with Gasteiger partial charge in [0.2, 0.25) is 5.88 Å². The van der Waals surface area contributed by atoms with Crippen LogP contribution in [0.5, 0.6) is 5.88 Å². The van der Waals surface area contributed by atoms with Gasteiger partial charge < -0.3 is 9.64 Å². The first-order valence-corrected chi connectivity index (χ1v) is 4.85. The molecule has 0 N–H and O–H groups in total. The van der Waals surface area contributed by atoms with Crippen LogP contribution in [-0.2, 0) is 0 Å². The van der Waals surface area contributed by atoms with Crippen LogP contribution in [0, 0.1) is 11.3 Å². The summed E-state index contributed by atoms with van der Waals surface area (Å²) in [5, 5.41) is 9.01. The number of hydrogen-bond donors (Lipinski definition) is 0. The summed E-state index contributed by atoms with van der Waals surface area (Å²) in [5.74, 6) is 0.317. The Hall–Kier alpha value is -1.31. The average molecular weight is 226 g/mol. The molecule has 0 atom stereocenters. The normalized spacial score (nSPS) is 10.1. The third-order valence-corrected chi connectivity index (χ3v) is 2.12. The van der Waals surface area contributed by atoms with E-state index in [1.807, 2.05) is 25.1 Å². The molecule has 0 amide bonds. The number of nitrogens with zero attached hydrogens (tertiary/aromatic N) is 3. The summed E-state index contributed by atoms with van der Waals surface area (Å²) in [5.41, 5.74) is 0.381. The Morgan fingerprint density at radius 1 is 1.60 bits per heavy atom. The van der Waals surface area contributed by atoms with Crippen molar-refractivity contribution < 1.29 is 4.74 Å². The Morgan fingerprint density at radius 3 is 2.93 bits per heavy atom. The first-order chi connectivity index (χ1) is 7.15. The largest absolute Gasteiger partial charge is 0.475 e.